The summed E-state index contributed by atoms with van der Waals surface area (Å²) in [7, 11) is -3.65. The predicted molar refractivity (Wildman–Crippen MR) is 77.1 cm³/mol. The maximum Gasteiger partial charge on any atom is 0.250 e. The summed E-state index contributed by atoms with van der Waals surface area (Å²) in [6.07, 6.45) is 3.01. The third kappa shape index (κ3) is 5.90. The zero-order chi connectivity index (χ0) is 14.3. The van der Waals surface area contributed by atoms with Gasteiger partial charge in [0.2, 0.25) is 5.91 Å². The molecule has 0 bridgehead atoms. The van der Waals surface area contributed by atoms with E-state index in [-0.39, 0.29) is 16.7 Å². The molecular weight excluding hydrogens is 308 g/mol. The van der Waals surface area contributed by atoms with Crippen LogP contribution in [-0.4, -0.2) is 27.4 Å². The number of unbranched alkanes of at least 4 members (excludes halogenated alkanes) is 2. The Morgan fingerprint density at radius 2 is 2.11 bits per heavy atom. The number of rotatable bonds is 8. The van der Waals surface area contributed by atoms with Gasteiger partial charge in [-0.3, -0.25) is 4.79 Å². The third-order valence-electron chi connectivity index (χ3n) is 2.34. The zero-order valence-corrected chi connectivity index (χ0v) is 13.0. The summed E-state index contributed by atoms with van der Waals surface area (Å²) in [5, 5.41) is 2.66. The SMILES string of the molecule is CCCCCNC(=O)CNS(=O)(=O)c1ccc(Cl)s1. The van der Waals surface area contributed by atoms with Crippen molar-refractivity contribution in [1.82, 2.24) is 10.0 Å². The Morgan fingerprint density at radius 1 is 1.37 bits per heavy atom. The van der Waals surface area contributed by atoms with Crippen molar-refractivity contribution in [2.75, 3.05) is 13.1 Å². The Kier molecular flexibility index (Phi) is 6.78. The Labute approximate surface area is 122 Å². The van der Waals surface area contributed by atoms with Gasteiger partial charge in [0.15, 0.2) is 0 Å². The van der Waals surface area contributed by atoms with Crippen molar-refractivity contribution in [2.24, 2.45) is 0 Å². The molecule has 0 aliphatic carbocycles. The van der Waals surface area contributed by atoms with E-state index in [4.69, 9.17) is 11.6 Å². The van der Waals surface area contributed by atoms with E-state index in [2.05, 4.69) is 17.0 Å². The van der Waals surface area contributed by atoms with Crippen LogP contribution in [0.3, 0.4) is 0 Å². The van der Waals surface area contributed by atoms with Crippen molar-refractivity contribution in [2.45, 2.75) is 30.4 Å². The van der Waals surface area contributed by atoms with Gasteiger partial charge >= 0.3 is 0 Å². The number of carbonyl (C=O) groups is 1. The molecule has 0 unspecified atom stereocenters. The molecule has 0 saturated carbocycles. The van der Waals surface area contributed by atoms with E-state index in [1.807, 2.05) is 0 Å². The van der Waals surface area contributed by atoms with Gasteiger partial charge in [0.05, 0.1) is 10.9 Å². The second-order valence-electron chi connectivity index (χ2n) is 3.94. The van der Waals surface area contributed by atoms with Gasteiger partial charge in [-0.1, -0.05) is 31.4 Å². The number of halogens is 1. The molecule has 1 amide bonds. The van der Waals surface area contributed by atoms with Crippen molar-refractivity contribution < 1.29 is 13.2 Å². The smallest absolute Gasteiger partial charge is 0.250 e. The molecule has 0 saturated heterocycles. The molecule has 1 heterocycles. The third-order valence-corrected chi connectivity index (χ3v) is 5.46. The quantitative estimate of drug-likeness (QED) is 0.718. The predicted octanol–water partition coefficient (Wildman–Crippen LogP) is 1.99. The first-order valence-electron chi connectivity index (χ1n) is 5.97. The Balaban J connectivity index is 2.37. The Bertz CT molecular complexity index is 514. The van der Waals surface area contributed by atoms with Crippen molar-refractivity contribution in [3.63, 3.8) is 0 Å². The molecule has 108 valence electrons. The van der Waals surface area contributed by atoms with E-state index in [0.717, 1.165) is 30.6 Å². The molecule has 0 aliphatic heterocycles. The Morgan fingerprint density at radius 3 is 2.68 bits per heavy atom. The number of hydrogen-bond donors (Lipinski definition) is 2. The molecule has 8 heteroatoms. The summed E-state index contributed by atoms with van der Waals surface area (Å²) < 4.78 is 26.3. The molecule has 2 N–H and O–H groups in total. The lowest BCUT2D eigenvalue weighted by atomic mass is 10.2. The fourth-order valence-electron chi connectivity index (χ4n) is 1.34. The monoisotopic (exact) mass is 324 g/mol. The number of sulfonamides is 1. The minimum atomic E-state index is -3.65. The van der Waals surface area contributed by atoms with Gasteiger partial charge in [-0.05, 0) is 18.6 Å². The molecule has 0 fully saturated rings. The zero-order valence-electron chi connectivity index (χ0n) is 10.6. The lowest BCUT2D eigenvalue weighted by molar-refractivity contribution is -0.119. The van der Waals surface area contributed by atoms with Crippen LogP contribution in [0, 0.1) is 0 Å². The first-order valence-corrected chi connectivity index (χ1v) is 8.65. The van der Waals surface area contributed by atoms with Crippen LogP contribution >= 0.6 is 22.9 Å². The van der Waals surface area contributed by atoms with E-state index in [1.165, 1.54) is 12.1 Å². The maximum absolute atomic E-state index is 11.8. The molecule has 1 aromatic heterocycles. The van der Waals surface area contributed by atoms with Crippen LogP contribution in [0.2, 0.25) is 4.34 Å². The molecule has 0 aliphatic rings. The van der Waals surface area contributed by atoms with E-state index in [1.54, 1.807) is 0 Å². The van der Waals surface area contributed by atoms with E-state index < -0.39 is 10.0 Å². The fourth-order valence-corrected chi connectivity index (χ4v) is 3.85. The minimum absolute atomic E-state index is 0.108. The summed E-state index contributed by atoms with van der Waals surface area (Å²) in [4.78, 5) is 11.4. The van der Waals surface area contributed by atoms with Gasteiger partial charge in [0.25, 0.3) is 10.0 Å². The maximum atomic E-state index is 11.8. The molecule has 0 radical (unpaired) electrons. The van der Waals surface area contributed by atoms with Crippen LogP contribution in [0.1, 0.15) is 26.2 Å². The molecule has 0 atom stereocenters. The number of hydrogen-bond acceptors (Lipinski definition) is 4. The highest BCUT2D eigenvalue weighted by molar-refractivity contribution is 7.91. The van der Waals surface area contributed by atoms with Crippen LogP contribution in [0.5, 0.6) is 0 Å². The number of thiophene rings is 1. The summed E-state index contributed by atoms with van der Waals surface area (Å²) in [6.45, 7) is 2.38. The molecule has 19 heavy (non-hydrogen) atoms. The minimum Gasteiger partial charge on any atom is -0.355 e. The van der Waals surface area contributed by atoms with Gasteiger partial charge in [-0.15, -0.1) is 11.3 Å². The van der Waals surface area contributed by atoms with Gasteiger partial charge < -0.3 is 5.32 Å². The van der Waals surface area contributed by atoms with Crippen LogP contribution in [0.25, 0.3) is 0 Å². The van der Waals surface area contributed by atoms with E-state index >= 15 is 0 Å². The highest BCUT2D eigenvalue weighted by Crippen LogP contribution is 2.25. The van der Waals surface area contributed by atoms with Crippen molar-refractivity contribution in [3.05, 3.63) is 16.5 Å². The van der Waals surface area contributed by atoms with Gasteiger partial charge in [-0.25, -0.2) is 13.1 Å². The van der Waals surface area contributed by atoms with Crippen molar-refractivity contribution in [1.29, 1.82) is 0 Å². The van der Waals surface area contributed by atoms with Crippen LogP contribution < -0.4 is 10.0 Å². The van der Waals surface area contributed by atoms with Gasteiger partial charge in [0.1, 0.15) is 4.21 Å². The standard InChI is InChI=1S/C11H17ClN2O3S2/c1-2-3-4-7-13-10(15)8-14-19(16,17)11-6-5-9(12)18-11/h5-6,14H,2-4,7-8H2,1H3,(H,13,15). The summed E-state index contributed by atoms with van der Waals surface area (Å²) >= 11 is 6.63. The van der Waals surface area contributed by atoms with Gasteiger partial charge in [-0.2, -0.15) is 0 Å². The molecule has 5 nitrogen and oxygen atoms in total. The lowest BCUT2D eigenvalue weighted by Gasteiger charge is -2.06. The average Bonchev–Trinajstić information content (AvgIpc) is 2.80. The van der Waals surface area contributed by atoms with Crippen LogP contribution in [0.15, 0.2) is 16.3 Å². The van der Waals surface area contributed by atoms with Crippen molar-refractivity contribution in [3.8, 4) is 0 Å². The highest BCUT2D eigenvalue weighted by atomic mass is 35.5. The molecule has 1 rings (SSSR count). The fraction of sp³-hybridized carbons (Fsp3) is 0.545. The largest absolute Gasteiger partial charge is 0.355 e. The molecular formula is C11H17ClN2O3S2. The first kappa shape index (κ1) is 16.4. The summed E-state index contributed by atoms with van der Waals surface area (Å²) in [6, 6.07) is 2.92. The first-order chi connectivity index (χ1) is 8.95. The second-order valence-corrected chi connectivity index (χ2v) is 7.65. The van der Waals surface area contributed by atoms with Crippen LogP contribution in [-0.2, 0) is 14.8 Å². The summed E-state index contributed by atoms with van der Waals surface area (Å²) in [5.74, 6) is -0.331. The molecule has 0 aromatic carbocycles. The highest BCUT2D eigenvalue weighted by Gasteiger charge is 2.17. The molecule has 1 aromatic rings. The van der Waals surface area contributed by atoms with Crippen LogP contribution in [0.4, 0.5) is 0 Å². The number of amides is 1. The summed E-state index contributed by atoms with van der Waals surface area (Å²) in [5.41, 5.74) is 0. The van der Waals surface area contributed by atoms with Crippen molar-refractivity contribution >= 4 is 38.9 Å². The van der Waals surface area contributed by atoms with E-state index in [9.17, 15) is 13.2 Å². The topological polar surface area (TPSA) is 75.3 Å². The normalized spacial score (nSPS) is 11.5. The average molecular weight is 325 g/mol. The molecule has 0 spiro atoms. The lowest BCUT2D eigenvalue weighted by Crippen LogP contribution is -2.37. The number of nitrogens with one attached hydrogen (secondary N) is 2. The second kappa shape index (κ2) is 7.84. The van der Waals surface area contributed by atoms with Gasteiger partial charge in [0, 0.05) is 6.54 Å². The van der Waals surface area contributed by atoms with E-state index in [0.29, 0.717) is 10.9 Å². The number of carbonyl (C=O) groups excluding carboxylic acids is 1. The Hall–Kier alpha value is -0.630.